The van der Waals surface area contributed by atoms with Crippen LogP contribution in [-0.2, 0) is 6.42 Å². The Morgan fingerprint density at radius 3 is 2.83 bits per heavy atom. The predicted octanol–water partition coefficient (Wildman–Crippen LogP) is 2.60. The van der Waals surface area contributed by atoms with Crippen molar-refractivity contribution >= 4 is 21.7 Å². The summed E-state index contributed by atoms with van der Waals surface area (Å²) in [6, 6.07) is 0. The number of ketones is 1. The van der Waals surface area contributed by atoms with Crippen LogP contribution in [0.4, 0.5) is 0 Å². The Balaban J connectivity index is 2.61. The van der Waals surface area contributed by atoms with Gasteiger partial charge in [0.05, 0.1) is 4.60 Å². The average molecular weight is 228 g/mol. The number of halogens is 1. The molecular weight excluding hydrogens is 218 g/mol. The number of hydrogen-bond donors (Lipinski definition) is 1. The third kappa shape index (κ3) is 1.04. The number of aromatic amines is 1. The van der Waals surface area contributed by atoms with E-state index < -0.39 is 0 Å². The molecule has 2 rings (SSSR count). The molecule has 3 heteroatoms. The Hall–Kier alpha value is -0.570. The summed E-state index contributed by atoms with van der Waals surface area (Å²) in [4.78, 5) is 14.7. The quantitative estimate of drug-likeness (QED) is 0.727. The Kier molecular flexibility index (Phi) is 1.83. The molecule has 0 radical (unpaired) electrons. The lowest BCUT2D eigenvalue weighted by Gasteiger charge is -2.09. The molecule has 12 heavy (non-hydrogen) atoms. The highest BCUT2D eigenvalue weighted by molar-refractivity contribution is 9.10. The van der Waals surface area contributed by atoms with Crippen LogP contribution in [-0.4, -0.2) is 10.8 Å². The second kappa shape index (κ2) is 2.73. The van der Waals surface area contributed by atoms with Crippen LogP contribution < -0.4 is 0 Å². The first-order valence-electron chi connectivity index (χ1n) is 4.10. The van der Waals surface area contributed by atoms with Gasteiger partial charge < -0.3 is 4.98 Å². The van der Waals surface area contributed by atoms with Gasteiger partial charge in [-0.2, -0.15) is 0 Å². The number of H-pyrrole nitrogens is 1. The number of carbonyl (C=O) groups is 1. The number of aromatic nitrogens is 1. The number of carbonyl (C=O) groups excluding carboxylic acids is 1. The first-order chi connectivity index (χ1) is 5.70. The number of nitrogens with one attached hydrogen (secondary N) is 1. The lowest BCUT2D eigenvalue weighted by atomic mass is 9.94. The van der Waals surface area contributed by atoms with Crippen LogP contribution in [0, 0.1) is 6.92 Å². The van der Waals surface area contributed by atoms with Crippen molar-refractivity contribution in [1.82, 2.24) is 4.98 Å². The fourth-order valence-corrected chi connectivity index (χ4v) is 2.18. The van der Waals surface area contributed by atoms with Crippen LogP contribution in [0.1, 0.15) is 34.5 Å². The van der Waals surface area contributed by atoms with E-state index in [1.165, 1.54) is 0 Å². The Labute approximate surface area is 79.5 Å². The van der Waals surface area contributed by atoms with Gasteiger partial charge in [0.1, 0.15) is 0 Å². The van der Waals surface area contributed by atoms with E-state index in [0.29, 0.717) is 6.42 Å². The van der Waals surface area contributed by atoms with Crippen molar-refractivity contribution in [3.8, 4) is 0 Å². The minimum absolute atomic E-state index is 0.288. The Morgan fingerprint density at radius 1 is 1.42 bits per heavy atom. The molecule has 2 nitrogen and oxygen atoms in total. The zero-order valence-electron chi connectivity index (χ0n) is 6.91. The Morgan fingerprint density at radius 2 is 2.17 bits per heavy atom. The maximum atomic E-state index is 11.5. The number of rotatable bonds is 0. The molecule has 0 atom stereocenters. The molecule has 0 amide bonds. The molecule has 0 aromatic carbocycles. The van der Waals surface area contributed by atoms with Gasteiger partial charge in [0.2, 0.25) is 0 Å². The molecule has 0 bridgehead atoms. The van der Waals surface area contributed by atoms with Crippen LogP contribution in [0.15, 0.2) is 4.60 Å². The molecule has 1 N–H and O–H groups in total. The molecular formula is C9H10BrNO. The molecule has 1 aromatic heterocycles. The van der Waals surface area contributed by atoms with Gasteiger partial charge >= 0.3 is 0 Å². The summed E-state index contributed by atoms with van der Waals surface area (Å²) in [7, 11) is 0. The van der Waals surface area contributed by atoms with Crippen LogP contribution in [0.3, 0.4) is 0 Å². The summed E-state index contributed by atoms with van der Waals surface area (Å²) in [6.07, 6.45) is 2.70. The van der Waals surface area contributed by atoms with Gasteiger partial charge in [-0.25, -0.2) is 0 Å². The van der Waals surface area contributed by atoms with Crippen molar-refractivity contribution in [2.75, 3.05) is 0 Å². The van der Waals surface area contributed by atoms with E-state index in [9.17, 15) is 4.79 Å². The largest absolute Gasteiger partial charge is 0.352 e. The van der Waals surface area contributed by atoms with Crippen molar-refractivity contribution in [3.05, 3.63) is 21.4 Å². The van der Waals surface area contributed by atoms with Gasteiger partial charge in [-0.1, -0.05) is 0 Å². The molecule has 0 spiro atoms. The third-order valence-electron chi connectivity index (χ3n) is 2.38. The van der Waals surface area contributed by atoms with Crippen LogP contribution in [0.5, 0.6) is 0 Å². The minimum Gasteiger partial charge on any atom is -0.352 e. The van der Waals surface area contributed by atoms with Crippen LogP contribution >= 0.6 is 15.9 Å². The van der Waals surface area contributed by atoms with Crippen LogP contribution in [0.2, 0.25) is 0 Å². The summed E-state index contributed by atoms with van der Waals surface area (Å²) in [5, 5.41) is 0. The molecule has 1 aliphatic rings. The summed E-state index contributed by atoms with van der Waals surface area (Å²) < 4.78 is 0.961. The molecule has 1 aliphatic carbocycles. The number of Topliss-reactive ketones (excluding diaryl/α,β-unsaturated/α-hetero) is 1. The topological polar surface area (TPSA) is 32.9 Å². The number of fused-ring (bicyclic) bond motifs is 1. The van der Waals surface area contributed by atoms with Gasteiger partial charge in [0.25, 0.3) is 0 Å². The number of aryl methyl sites for hydroxylation is 1. The highest BCUT2D eigenvalue weighted by Crippen LogP contribution is 2.28. The van der Waals surface area contributed by atoms with Gasteiger partial charge in [0, 0.05) is 17.7 Å². The highest BCUT2D eigenvalue weighted by atomic mass is 79.9. The van der Waals surface area contributed by atoms with Crippen molar-refractivity contribution in [1.29, 1.82) is 0 Å². The van der Waals surface area contributed by atoms with Crippen LogP contribution in [0.25, 0.3) is 0 Å². The first-order valence-corrected chi connectivity index (χ1v) is 4.89. The average Bonchev–Trinajstić information content (AvgIpc) is 2.29. The summed E-state index contributed by atoms with van der Waals surface area (Å²) in [5.74, 6) is 0.288. The minimum atomic E-state index is 0.288. The second-order valence-corrected chi connectivity index (χ2v) is 3.99. The van der Waals surface area contributed by atoms with Crippen molar-refractivity contribution in [2.45, 2.75) is 26.2 Å². The Bertz CT molecular complexity index is 341. The summed E-state index contributed by atoms with van der Waals surface area (Å²) in [5.41, 5.74) is 3.10. The molecule has 0 saturated heterocycles. The lowest BCUT2D eigenvalue weighted by molar-refractivity contribution is 0.0972. The van der Waals surface area contributed by atoms with Gasteiger partial charge in [-0.15, -0.1) is 0 Å². The van der Waals surface area contributed by atoms with Crippen molar-refractivity contribution in [3.63, 3.8) is 0 Å². The molecule has 1 heterocycles. The van der Waals surface area contributed by atoms with E-state index in [1.54, 1.807) is 0 Å². The summed E-state index contributed by atoms with van der Waals surface area (Å²) >= 11 is 3.40. The normalized spacial score (nSPS) is 16.3. The van der Waals surface area contributed by atoms with Crippen molar-refractivity contribution in [2.24, 2.45) is 0 Å². The molecule has 0 aliphatic heterocycles. The fraction of sp³-hybridized carbons (Fsp3) is 0.444. The van der Waals surface area contributed by atoms with E-state index >= 15 is 0 Å². The van der Waals surface area contributed by atoms with E-state index in [0.717, 1.165) is 34.3 Å². The fourth-order valence-electron chi connectivity index (χ4n) is 1.74. The monoisotopic (exact) mass is 227 g/mol. The van der Waals surface area contributed by atoms with Gasteiger partial charge in [0.15, 0.2) is 5.78 Å². The molecule has 1 aromatic rings. The molecule has 0 unspecified atom stereocenters. The third-order valence-corrected chi connectivity index (χ3v) is 3.17. The number of hydrogen-bond acceptors (Lipinski definition) is 1. The standard InChI is InChI=1S/C9H10BrNO/c1-5-8-6(11-9(5)10)3-2-4-7(8)12/h11H,2-4H2,1H3. The highest BCUT2D eigenvalue weighted by Gasteiger charge is 2.22. The maximum absolute atomic E-state index is 11.5. The van der Waals surface area contributed by atoms with Crippen molar-refractivity contribution < 1.29 is 4.79 Å². The molecule has 64 valence electrons. The van der Waals surface area contributed by atoms with E-state index in [4.69, 9.17) is 0 Å². The van der Waals surface area contributed by atoms with E-state index in [2.05, 4.69) is 20.9 Å². The zero-order chi connectivity index (χ0) is 8.72. The lowest BCUT2D eigenvalue weighted by Crippen LogP contribution is -2.09. The molecule has 0 fully saturated rings. The predicted molar refractivity (Wildman–Crippen MR) is 50.5 cm³/mol. The zero-order valence-corrected chi connectivity index (χ0v) is 8.49. The van der Waals surface area contributed by atoms with Gasteiger partial charge in [-0.3, -0.25) is 4.79 Å². The second-order valence-electron chi connectivity index (χ2n) is 3.19. The van der Waals surface area contributed by atoms with E-state index in [1.807, 2.05) is 6.92 Å². The van der Waals surface area contributed by atoms with Gasteiger partial charge in [-0.05, 0) is 41.3 Å². The smallest absolute Gasteiger partial charge is 0.164 e. The van der Waals surface area contributed by atoms with E-state index in [-0.39, 0.29) is 5.78 Å². The molecule has 0 saturated carbocycles. The SMILES string of the molecule is Cc1c(Br)[nH]c2c1C(=O)CCC2. The maximum Gasteiger partial charge on any atom is 0.164 e. The first kappa shape index (κ1) is 8.05. The summed E-state index contributed by atoms with van der Waals surface area (Å²) in [6.45, 7) is 1.97.